The van der Waals surface area contributed by atoms with Gasteiger partial charge < -0.3 is 19.9 Å². The predicted molar refractivity (Wildman–Crippen MR) is 98.2 cm³/mol. The van der Waals surface area contributed by atoms with Gasteiger partial charge in [-0.25, -0.2) is 9.97 Å². The lowest BCUT2D eigenvalue weighted by molar-refractivity contribution is -0.147. The van der Waals surface area contributed by atoms with Crippen LogP contribution >= 0.6 is 11.3 Å². The quantitative estimate of drug-likeness (QED) is 0.623. The van der Waals surface area contributed by atoms with Crippen molar-refractivity contribution in [1.82, 2.24) is 30.0 Å². The van der Waals surface area contributed by atoms with Crippen molar-refractivity contribution in [2.45, 2.75) is 26.2 Å². The fraction of sp³-hybridized carbons (Fsp3) is 0.375. The first kappa shape index (κ1) is 20.0. The lowest BCUT2D eigenvalue weighted by Crippen LogP contribution is -2.36. The summed E-state index contributed by atoms with van der Waals surface area (Å²) in [6.07, 6.45) is -4.60. The van der Waals surface area contributed by atoms with E-state index in [2.05, 4.69) is 25.5 Å². The molecule has 2 N–H and O–H groups in total. The number of anilines is 1. The van der Waals surface area contributed by atoms with Crippen LogP contribution in [0.3, 0.4) is 0 Å². The number of aliphatic carboxylic acids is 1. The minimum atomic E-state index is -4.60. The average Bonchev–Trinajstić information content (AvgIpc) is 3.26. The molecule has 4 heterocycles. The molecule has 0 unspecified atom stereocenters. The van der Waals surface area contributed by atoms with Gasteiger partial charge in [0.2, 0.25) is 11.6 Å². The fourth-order valence-electron chi connectivity index (χ4n) is 3.15. The van der Waals surface area contributed by atoms with Crippen LogP contribution in [-0.2, 0) is 24.1 Å². The van der Waals surface area contributed by atoms with Crippen molar-refractivity contribution < 1.29 is 27.9 Å². The third kappa shape index (κ3) is 3.65. The van der Waals surface area contributed by atoms with Crippen LogP contribution in [0.4, 0.5) is 19.0 Å². The van der Waals surface area contributed by atoms with Gasteiger partial charge in [-0.3, -0.25) is 9.59 Å². The predicted octanol–water partition coefficient (Wildman–Crippen LogP) is 1.44. The van der Waals surface area contributed by atoms with Gasteiger partial charge in [0.25, 0.3) is 5.91 Å². The minimum Gasteiger partial charge on any atom is -0.480 e. The summed E-state index contributed by atoms with van der Waals surface area (Å²) in [4.78, 5) is 34.6. The number of hydrogen-bond acceptors (Lipinski definition) is 8. The van der Waals surface area contributed by atoms with Crippen molar-refractivity contribution in [2.75, 3.05) is 18.0 Å². The molecule has 0 aromatic carbocycles. The Morgan fingerprint density at radius 2 is 2.03 bits per heavy atom. The van der Waals surface area contributed by atoms with Crippen LogP contribution in [0.5, 0.6) is 0 Å². The van der Waals surface area contributed by atoms with Crippen molar-refractivity contribution in [1.29, 1.82) is 0 Å². The Morgan fingerprint density at radius 3 is 2.73 bits per heavy atom. The van der Waals surface area contributed by atoms with Crippen molar-refractivity contribution in [3.63, 3.8) is 0 Å². The monoisotopic (exact) mass is 441 g/mol. The number of carbonyl (C=O) groups excluding carboxylic acids is 1. The molecule has 0 bridgehead atoms. The molecule has 3 aromatic heterocycles. The number of aryl methyl sites for hydroxylation is 1. The standard InChI is InChI=1S/C16H14F3N7O3S/c1-7-4-8-12(21-11(22-14(8)30-7)13(29)20-5-10(27)28)25-2-3-26-9(6-25)23-24-15(26)16(17,18)19/h4H,2-3,5-6H2,1H3,(H,20,29)(H,27,28). The number of fused-ring (bicyclic) bond motifs is 2. The molecule has 0 fully saturated rings. The molecule has 14 heteroatoms. The highest BCUT2D eigenvalue weighted by molar-refractivity contribution is 7.18. The first-order valence-electron chi connectivity index (χ1n) is 8.66. The number of halogens is 3. The molecular formula is C16H14F3N7O3S. The third-order valence-corrected chi connectivity index (χ3v) is 5.35. The minimum absolute atomic E-state index is 0.00760. The number of nitrogens with zero attached hydrogens (tertiary/aromatic N) is 6. The Hall–Kier alpha value is -3.29. The first-order chi connectivity index (χ1) is 14.1. The molecule has 30 heavy (non-hydrogen) atoms. The van der Waals surface area contributed by atoms with Crippen LogP contribution in [-0.4, -0.2) is 54.8 Å². The molecule has 0 saturated carbocycles. The van der Waals surface area contributed by atoms with Crippen LogP contribution < -0.4 is 10.2 Å². The Balaban J connectivity index is 1.71. The van der Waals surface area contributed by atoms with Gasteiger partial charge in [0.15, 0.2) is 5.82 Å². The number of amides is 1. The summed E-state index contributed by atoms with van der Waals surface area (Å²) >= 11 is 1.32. The SMILES string of the molecule is Cc1cc2c(N3CCn4c(nnc4C(F)(F)F)C3)nc(C(=O)NCC(=O)O)nc2s1. The number of alkyl halides is 3. The van der Waals surface area contributed by atoms with E-state index in [0.717, 1.165) is 9.44 Å². The maximum absolute atomic E-state index is 13.1. The molecule has 1 aliphatic rings. The van der Waals surface area contributed by atoms with Crippen LogP contribution in [0.1, 0.15) is 27.1 Å². The molecule has 1 amide bonds. The van der Waals surface area contributed by atoms with Gasteiger partial charge in [0, 0.05) is 18.0 Å². The third-order valence-electron chi connectivity index (χ3n) is 4.41. The molecule has 0 atom stereocenters. The smallest absolute Gasteiger partial charge is 0.451 e. The summed E-state index contributed by atoms with van der Waals surface area (Å²) in [5.41, 5.74) is 0. The van der Waals surface area contributed by atoms with Crippen molar-refractivity contribution in [3.05, 3.63) is 28.4 Å². The van der Waals surface area contributed by atoms with E-state index in [1.165, 1.54) is 11.3 Å². The molecule has 0 spiro atoms. The Morgan fingerprint density at radius 1 is 1.27 bits per heavy atom. The van der Waals surface area contributed by atoms with Crippen LogP contribution in [0.25, 0.3) is 10.2 Å². The maximum Gasteiger partial charge on any atom is 0.451 e. The number of carbonyl (C=O) groups is 2. The largest absolute Gasteiger partial charge is 0.480 e. The summed E-state index contributed by atoms with van der Waals surface area (Å²) in [5.74, 6) is -2.75. The molecule has 0 saturated heterocycles. The van der Waals surface area contributed by atoms with Gasteiger partial charge in [0.05, 0.1) is 11.9 Å². The van der Waals surface area contributed by atoms with E-state index in [1.807, 2.05) is 13.0 Å². The Labute approximate surface area is 170 Å². The fourth-order valence-corrected chi connectivity index (χ4v) is 4.03. The Bertz CT molecular complexity index is 1160. The van der Waals surface area contributed by atoms with Crippen molar-refractivity contribution in [3.8, 4) is 0 Å². The summed E-state index contributed by atoms with van der Waals surface area (Å²) in [6, 6.07) is 1.83. The highest BCUT2D eigenvalue weighted by Crippen LogP contribution is 2.34. The van der Waals surface area contributed by atoms with E-state index in [4.69, 9.17) is 5.11 Å². The second-order valence-electron chi connectivity index (χ2n) is 6.53. The zero-order valence-corrected chi connectivity index (χ0v) is 16.2. The zero-order valence-electron chi connectivity index (χ0n) is 15.4. The normalized spacial score (nSPS) is 14.1. The van der Waals surface area contributed by atoms with Crippen LogP contribution in [0, 0.1) is 6.92 Å². The first-order valence-corrected chi connectivity index (χ1v) is 9.47. The molecule has 3 aromatic rings. The van der Waals surface area contributed by atoms with E-state index in [9.17, 15) is 22.8 Å². The molecule has 4 rings (SSSR count). The Kier molecular flexibility index (Phi) is 4.80. The number of carboxylic acids is 1. The summed E-state index contributed by atoms with van der Waals surface area (Å²) in [7, 11) is 0. The molecule has 0 radical (unpaired) electrons. The molecule has 0 aliphatic carbocycles. The van der Waals surface area contributed by atoms with Crippen molar-refractivity contribution >= 4 is 39.2 Å². The molecular weight excluding hydrogens is 427 g/mol. The van der Waals surface area contributed by atoms with Gasteiger partial charge in [-0.05, 0) is 13.0 Å². The maximum atomic E-state index is 13.1. The van der Waals surface area contributed by atoms with E-state index < -0.39 is 30.4 Å². The number of hydrogen-bond donors (Lipinski definition) is 2. The molecule has 1 aliphatic heterocycles. The number of carboxylic acid groups (broad SMARTS) is 1. The summed E-state index contributed by atoms with van der Waals surface area (Å²) < 4.78 is 40.2. The van der Waals surface area contributed by atoms with Crippen LogP contribution in [0.15, 0.2) is 6.07 Å². The zero-order chi connectivity index (χ0) is 21.6. The molecule has 10 nitrogen and oxygen atoms in total. The second-order valence-corrected chi connectivity index (χ2v) is 7.77. The average molecular weight is 441 g/mol. The van der Waals surface area contributed by atoms with E-state index in [-0.39, 0.29) is 31.3 Å². The van der Waals surface area contributed by atoms with Crippen LogP contribution in [0.2, 0.25) is 0 Å². The summed E-state index contributed by atoms with van der Waals surface area (Å²) in [6.45, 7) is 1.45. The van der Waals surface area contributed by atoms with E-state index in [1.54, 1.807) is 4.90 Å². The van der Waals surface area contributed by atoms with E-state index in [0.29, 0.717) is 16.0 Å². The topological polar surface area (TPSA) is 126 Å². The number of aromatic nitrogens is 5. The van der Waals surface area contributed by atoms with E-state index >= 15 is 0 Å². The van der Waals surface area contributed by atoms with Gasteiger partial charge >= 0.3 is 12.1 Å². The lowest BCUT2D eigenvalue weighted by atomic mass is 10.2. The highest BCUT2D eigenvalue weighted by atomic mass is 32.1. The van der Waals surface area contributed by atoms with Gasteiger partial charge in [-0.2, -0.15) is 13.2 Å². The van der Waals surface area contributed by atoms with Gasteiger partial charge in [0.1, 0.15) is 17.2 Å². The molecule has 158 valence electrons. The second kappa shape index (κ2) is 7.19. The van der Waals surface area contributed by atoms with Gasteiger partial charge in [-0.1, -0.05) is 0 Å². The highest BCUT2D eigenvalue weighted by Gasteiger charge is 2.39. The van der Waals surface area contributed by atoms with Crippen molar-refractivity contribution in [2.24, 2.45) is 0 Å². The number of rotatable bonds is 4. The lowest BCUT2D eigenvalue weighted by Gasteiger charge is -2.29. The van der Waals surface area contributed by atoms with Gasteiger partial charge in [-0.15, -0.1) is 21.5 Å². The summed E-state index contributed by atoms with van der Waals surface area (Å²) in [5, 5.41) is 18.5. The number of nitrogens with one attached hydrogen (secondary N) is 1. The number of thiophene rings is 1.